The summed E-state index contributed by atoms with van der Waals surface area (Å²) in [6.45, 7) is 4.77. The molecule has 2 aliphatic carbocycles. The van der Waals surface area contributed by atoms with Gasteiger partial charge in [0.15, 0.2) is 0 Å². The molecule has 0 saturated carbocycles. The van der Waals surface area contributed by atoms with Crippen LogP contribution in [-0.2, 0) is 10.8 Å². The van der Waals surface area contributed by atoms with Crippen LogP contribution < -0.4 is 4.90 Å². The van der Waals surface area contributed by atoms with Crippen molar-refractivity contribution in [3.8, 4) is 33.4 Å². The van der Waals surface area contributed by atoms with Gasteiger partial charge >= 0.3 is 0 Å². The topological polar surface area (TPSA) is 3.24 Å². The number of nitrogens with zero attached hydrogens (tertiary/aromatic N) is 1. The second-order valence-corrected chi connectivity index (χ2v) is 16.1. The predicted octanol–water partition coefficient (Wildman–Crippen LogP) is 14.6. The summed E-state index contributed by atoms with van der Waals surface area (Å²) in [6, 6.07) is 78.6. The molecule has 0 atom stereocenters. The zero-order chi connectivity index (χ0) is 38.1. The van der Waals surface area contributed by atoms with Gasteiger partial charge in [-0.15, -0.1) is 0 Å². The number of para-hydroxylation sites is 1. The molecule has 2 aliphatic rings. The number of hydrogen-bond donors (Lipinski definition) is 0. The molecule has 9 aromatic carbocycles. The van der Waals surface area contributed by atoms with Crippen molar-refractivity contribution in [2.45, 2.75) is 24.7 Å². The predicted molar refractivity (Wildman–Crippen MR) is 239 cm³/mol. The molecule has 0 fully saturated rings. The van der Waals surface area contributed by atoms with E-state index >= 15 is 0 Å². The Morgan fingerprint density at radius 2 is 0.754 bits per heavy atom. The molecular formula is C56H41N. The van der Waals surface area contributed by atoms with E-state index in [1.807, 2.05) is 0 Å². The Kier molecular flexibility index (Phi) is 7.50. The van der Waals surface area contributed by atoms with E-state index in [-0.39, 0.29) is 5.41 Å². The molecular weight excluding hydrogens is 687 g/mol. The van der Waals surface area contributed by atoms with Crippen LogP contribution in [-0.4, -0.2) is 0 Å². The highest BCUT2D eigenvalue weighted by Crippen LogP contribution is 2.62. The van der Waals surface area contributed by atoms with E-state index in [0.717, 1.165) is 17.1 Å². The minimum absolute atomic E-state index is 0.118. The highest BCUT2D eigenvalue weighted by molar-refractivity contribution is 5.94. The fraction of sp³-hybridized carbons (Fsp3) is 0.0714. The summed E-state index contributed by atoms with van der Waals surface area (Å²) in [5, 5.41) is 2.43. The van der Waals surface area contributed by atoms with Gasteiger partial charge in [-0.1, -0.05) is 178 Å². The molecule has 57 heavy (non-hydrogen) atoms. The molecule has 0 bridgehead atoms. The molecule has 11 rings (SSSR count). The number of hydrogen-bond acceptors (Lipinski definition) is 1. The lowest BCUT2D eigenvalue weighted by atomic mass is 9.55. The van der Waals surface area contributed by atoms with Gasteiger partial charge in [0.1, 0.15) is 0 Å². The van der Waals surface area contributed by atoms with Crippen molar-refractivity contribution in [2.24, 2.45) is 0 Å². The van der Waals surface area contributed by atoms with Crippen molar-refractivity contribution in [3.05, 3.63) is 246 Å². The molecule has 0 N–H and O–H groups in total. The molecule has 0 amide bonds. The summed E-state index contributed by atoms with van der Waals surface area (Å²) in [5.41, 5.74) is 18.7. The van der Waals surface area contributed by atoms with E-state index in [0.29, 0.717) is 0 Å². The minimum atomic E-state index is -0.406. The summed E-state index contributed by atoms with van der Waals surface area (Å²) in [6.07, 6.45) is 0. The normalized spacial score (nSPS) is 14.1. The van der Waals surface area contributed by atoms with Crippen LogP contribution in [0.3, 0.4) is 0 Å². The molecule has 9 aromatic rings. The Balaban J connectivity index is 1.03. The Morgan fingerprint density at radius 1 is 0.298 bits per heavy atom. The van der Waals surface area contributed by atoms with Gasteiger partial charge in [-0.25, -0.2) is 0 Å². The van der Waals surface area contributed by atoms with Gasteiger partial charge in [-0.05, 0) is 126 Å². The van der Waals surface area contributed by atoms with Crippen LogP contribution in [0.25, 0.3) is 44.2 Å². The minimum Gasteiger partial charge on any atom is -0.310 e. The van der Waals surface area contributed by atoms with E-state index in [9.17, 15) is 0 Å². The van der Waals surface area contributed by atoms with Gasteiger partial charge in [-0.2, -0.15) is 0 Å². The average molecular weight is 728 g/mol. The molecule has 1 nitrogen and oxygen atoms in total. The molecule has 0 heterocycles. The van der Waals surface area contributed by atoms with Crippen LogP contribution in [0, 0.1) is 0 Å². The van der Waals surface area contributed by atoms with Crippen molar-refractivity contribution in [1.29, 1.82) is 0 Å². The zero-order valence-electron chi connectivity index (χ0n) is 32.2. The third kappa shape index (κ3) is 5.02. The highest BCUT2D eigenvalue weighted by Gasteiger charge is 2.53. The molecule has 0 aliphatic heterocycles. The monoisotopic (exact) mass is 727 g/mol. The summed E-state index contributed by atoms with van der Waals surface area (Å²) in [7, 11) is 0. The van der Waals surface area contributed by atoms with E-state index in [1.165, 1.54) is 77.5 Å². The quantitative estimate of drug-likeness (QED) is 0.171. The fourth-order valence-electron chi connectivity index (χ4n) is 10.0. The first kappa shape index (κ1) is 33.4. The highest BCUT2D eigenvalue weighted by atomic mass is 15.1. The zero-order valence-corrected chi connectivity index (χ0v) is 32.2. The molecule has 1 spiro atoms. The average Bonchev–Trinajstić information content (AvgIpc) is 3.57. The smallest absolute Gasteiger partial charge is 0.0719 e. The molecule has 0 saturated heterocycles. The van der Waals surface area contributed by atoms with Gasteiger partial charge in [0, 0.05) is 22.5 Å². The maximum atomic E-state index is 2.49. The molecule has 0 unspecified atom stereocenters. The van der Waals surface area contributed by atoms with E-state index < -0.39 is 5.41 Å². The van der Waals surface area contributed by atoms with Crippen LogP contribution in [0.1, 0.15) is 47.2 Å². The second-order valence-electron chi connectivity index (χ2n) is 16.1. The largest absolute Gasteiger partial charge is 0.310 e. The number of anilines is 3. The summed E-state index contributed by atoms with van der Waals surface area (Å²) in [4.78, 5) is 2.35. The van der Waals surface area contributed by atoms with Crippen molar-refractivity contribution < 1.29 is 0 Å². The standard InChI is InChI=1S/C56H41N/c1-55(2)50-21-11-13-23-52(50)56(53-24-14-12-22-51(53)55)49-20-10-9-19-47(49)48-34-30-43(37-54(48)56)40-25-26-42-36-46(33-29-41(42)35-40)57(44-17-7-4-8-18-44)45-31-27-39(28-32-45)38-15-5-3-6-16-38/h3-37H,1-2H3. The Morgan fingerprint density at radius 3 is 1.46 bits per heavy atom. The third-order valence-corrected chi connectivity index (χ3v) is 12.7. The van der Waals surface area contributed by atoms with Crippen molar-refractivity contribution in [1.82, 2.24) is 0 Å². The van der Waals surface area contributed by atoms with Gasteiger partial charge in [-0.3, -0.25) is 0 Å². The third-order valence-electron chi connectivity index (χ3n) is 12.7. The molecule has 1 heteroatoms. The first-order valence-electron chi connectivity index (χ1n) is 20.0. The first-order chi connectivity index (χ1) is 28.0. The Bertz CT molecular complexity index is 2920. The van der Waals surface area contributed by atoms with Crippen molar-refractivity contribution in [2.75, 3.05) is 4.90 Å². The Labute approximate surface area is 335 Å². The maximum Gasteiger partial charge on any atom is 0.0719 e. The van der Waals surface area contributed by atoms with Crippen LogP contribution in [0.4, 0.5) is 17.1 Å². The van der Waals surface area contributed by atoms with Crippen LogP contribution in [0.15, 0.2) is 212 Å². The SMILES string of the molecule is CC1(C)c2ccccc2C2(c3ccccc3-c3ccc(-c4ccc5cc(N(c6ccccc6)c6ccc(-c7ccccc7)cc6)ccc5c4)cc32)c2ccccc21. The first-order valence-corrected chi connectivity index (χ1v) is 20.0. The van der Waals surface area contributed by atoms with Gasteiger partial charge in [0.05, 0.1) is 5.41 Å². The van der Waals surface area contributed by atoms with Crippen LogP contribution in [0.5, 0.6) is 0 Å². The second kappa shape index (κ2) is 12.8. The lowest BCUT2D eigenvalue weighted by Crippen LogP contribution is -2.40. The number of benzene rings is 9. The van der Waals surface area contributed by atoms with Gasteiger partial charge in [0.2, 0.25) is 0 Å². The molecule has 0 radical (unpaired) electrons. The van der Waals surface area contributed by atoms with Crippen LogP contribution in [0.2, 0.25) is 0 Å². The van der Waals surface area contributed by atoms with Gasteiger partial charge in [0.25, 0.3) is 0 Å². The summed E-state index contributed by atoms with van der Waals surface area (Å²) < 4.78 is 0. The summed E-state index contributed by atoms with van der Waals surface area (Å²) in [5.74, 6) is 0. The number of rotatable bonds is 5. The van der Waals surface area contributed by atoms with Crippen molar-refractivity contribution in [3.63, 3.8) is 0 Å². The lowest BCUT2D eigenvalue weighted by molar-refractivity contribution is 0.563. The molecule has 270 valence electrons. The fourth-order valence-corrected chi connectivity index (χ4v) is 10.0. The maximum absolute atomic E-state index is 2.49. The van der Waals surface area contributed by atoms with E-state index in [1.54, 1.807) is 0 Å². The lowest BCUT2D eigenvalue weighted by Gasteiger charge is -2.46. The Hall–Kier alpha value is -6.96. The summed E-state index contributed by atoms with van der Waals surface area (Å²) >= 11 is 0. The van der Waals surface area contributed by atoms with E-state index in [4.69, 9.17) is 0 Å². The van der Waals surface area contributed by atoms with Crippen molar-refractivity contribution >= 4 is 27.8 Å². The molecule has 0 aromatic heterocycles. The van der Waals surface area contributed by atoms with E-state index in [2.05, 4.69) is 231 Å². The van der Waals surface area contributed by atoms with Gasteiger partial charge < -0.3 is 4.90 Å². The van der Waals surface area contributed by atoms with Crippen LogP contribution >= 0.6 is 0 Å². The number of fused-ring (bicyclic) bond motifs is 10.